The van der Waals surface area contributed by atoms with Crippen LogP contribution in [0, 0.1) is 0 Å². The van der Waals surface area contributed by atoms with Gasteiger partial charge in [-0.1, -0.05) is 0 Å². The van der Waals surface area contributed by atoms with Crippen molar-refractivity contribution in [2.75, 3.05) is 6.61 Å². The van der Waals surface area contributed by atoms with Gasteiger partial charge >= 0.3 is 15.6 Å². The molecule has 17 heavy (non-hydrogen) atoms. The molecule has 0 aliphatic carbocycles. The van der Waals surface area contributed by atoms with Crippen LogP contribution < -0.4 is 0 Å². The van der Waals surface area contributed by atoms with E-state index in [1.54, 1.807) is 0 Å². The van der Waals surface area contributed by atoms with Crippen LogP contribution in [0.25, 0.3) is 0 Å². The summed E-state index contributed by atoms with van der Waals surface area (Å²) in [7, 11) is -5.57. The maximum Gasteiger partial charge on any atom is 0.534 e. The number of rotatable bonds is 2. The minimum Gasteiger partial charge on any atom is -0.381 e. The van der Waals surface area contributed by atoms with Crippen LogP contribution >= 0.6 is 0 Å². The van der Waals surface area contributed by atoms with E-state index in [2.05, 4.69) is 4.18 Å². The number of hydrogen-bond acceptors (Lipinski definition) is 4. The Hall–Kier alpha value is -0.760. The molecule has 0 radical (unpaired) electrons. The van der Waals surface area contributed by atoms with E-state index in [0.29, 0.717) is 18.4 Å². The zero-order chi connectivity index (χ0) is 13.3. The Morgan fingerprint density at radius 2 is 2.06 bits per heavy atom. The molecule has 1 saturated heterocycles. The van der Waals surface area contributed by atoms with E-state index in [9.17, 15) is 21.6 Å². The zero-order valence-corrected chi connectivity index (χ0v) is 10.2. The van der Waals surface area contributed by atoms with E-state index in [0.717, 1.165) is 0 Å². The van der Waals surface area contributed by atoms with Crippen LogP contribution in [0.5, 0.6) is 0 Å². The third kappa shape index (κ3) is 3.60. The highest BCUT2D eigenvalue weighted by molar-refractivity contribution is 7.87. The van der Waals surface area contributed by atoms with Crippen LogP contribution in [-0.4, -0.2) is 26.6 Å². The molecule has 8 heteroatoms. The van der Waals surface area contributed by atoms with Crippen LogP contribution in [0.15, 0.2) is 11.3 Å². The topological polar surface area (TPSA) is 52.6 Å². The third-order valence-electron chi connectivity index (χ3n) is 2.41. The van der Waals surface area contributed by atoms with Crippen molar-refractivity contribution in [3.8, 4) is 0 Å². The lowest BCUT2D eigenvalue weighted by Crippen LogP contribution is -2.26. The van der Waals surface area contributed by atoms with Gasteiger partial charge in [0.15, 0.2) is 0 Å². The van der Waals surface area contributed by atoms with Gasteiger partial charge in [-0.3, -0.25) is 0 Å². The Balaban J connectivity index is 2.79. The van der Waals surface area contributed by atoms with E-state index >= 15 is 0 Å². The fourth-order valence-electron chi connectivity index (χ4n) is 1.32. The van der Waals surface area contributed by atoms with Gasteiger partial charge in [0.25, 0.3) is 0 Å². The highest BCUT2D eigenvalue weighted by Crippen LogP contribution is 2.29. The molecule has 1 aliphatic rings. The lowest BCUT2D eigenvalue weighted by Gasteiger charge is -2.23. The summed E-state index contributed by atoms with van der Waals surface area (Å²) in [6.07, 6.45) is 1.12. The Labute approximate surface area is 97.5 Å². The average Bonchev–Trinajstić information content (AvgIpc) is 2.16. The van der Waals surface area contributed by atoms with Crippen molar-refractivity contribution in [2.45, 2.75) is 38.3 Å². The van der Waals surface area contributed by atoms with Gasteiger partial charge in [-0.2, -0.15) is 21.6 Å². The highest BCUT2D eigenvalue weighted by Gasteiger charge is 2.48. The van der Waals surface area contributed by atoms with Gasteiger partial charge in [0.2, 0.25) is 0 Å². The van der Waals surface area contributed by atoms with Gasteiger partial charge in [0.1, 0.15) is 5.76 Å². The summed E-state index contributed by atoms with van der Waals surface area (Å²) in [5.41, 5.74) is -4.96. The summed E-state index contributed by atoms with van der Waals surface area (Å²) in [6, 6.07) is 0. The summed E-state index contributed by atoms with van der Waals surface area (Å²) in [5, 5.41) is 0. The molecule has 1 heterocycles. The standard InChI is InChI=1S/C9H13F3O4S/c1-6-3-4-8(5-15-6)7(2)16-17(13,14)9(10,11)12/h6H,3-5H2,1-2H3/t6-/m1/s1. The molecule has 0 unspecified atom stereocenters. The van der Waals surface area contributed by atoms with Gasteiger partial charge in [-0.05, 0) is 32.3 Å². The number of hydrogen-bond donors (Lipinski definition) is 0. The molecule has 4 nitrogen and oxygen atoms in total. The van der Waals surface area contributed by atoms with Crippen molar-refractivity contribution < 1.29 is 30.5 Å². The third-order valence-corrected chi connectivity index (χ3v) is 3.45. The normalized spacial score (nSPS) is 25.6. The molecule has 0 aromatic heterocycles. The minimum absolute atomic E-state index is 0.0192. The van der Waals surface area contributed by atoms with E-state index < -0.39 is 15.6 Å². The summed E-state index contributed by atoms with van der Waals surface area (Å²) in [6.45, 7) is 3.12. The summed E-state index contributed by atoms with van der Waals surface area (Å²) < 4.78 is 66.9. The molecule has 0 saturated carbocycles. The van der Waals surface area contributed by atoms with Crippen molar-refractivity contribution in [3.63, 3.8) is 0 Å². The Kier molecular flexibility index (Phi) is 4.08. The van der Waals surface area contributed by atoms with Gasteiger partial charge in [-0.15, -0.1) is 0 Å². The van der Waals surface area contributed by atoms with Gasteiger partial charge < -0.3 is 8.92 Å². The van der Waals surface area contributed by atoms with Crippen molar-refractivity contribution in [1.82, 2.24) is 0 Å². The average molecular weight is 274 g/mol. The van der Waals surface area contributed by atoms with Gasteiger partial charge in [0, 0.05) is 0 Å². The molecular formula is C9H13F3O4S. The first kappa shape index (κ1) is 14.3. The molecular weight excluding hydrogens is 261 g/mol. The molecule has 1 rings (SSSR count). The van der Waals surface area contributed by atoms with Crippen molar-refractivity contribution in [3.05, 3.63) is 11.3 Å². The zero-order valence-electron chi connectivity index (χ0n) is 9.37. The molecule has 1 fully saturated rings. The first-order valence-electron chi connectivity index (χ1n) is 4.94. The quantitative estimate of drug-likeness (QED) is 0.440. The predicted molar refractivity (Wildman–Crippen MR) is 53.4 cm³/mol. The Morgan fingerprint density at radius 3 is 2.47 bits per heavy atom. The van der Waals surface area contributed by atoms with Crippen LogP contribution in [0.2, 0.25) is 0 Å². The number of allylic oxidation sites excluding steroid dienone is 1. The van der Waals surface area contributed by atoms with Crippen molar-refractivity contribution in [2.24, 2.45) is 0 Å². The number of halogens is 3. The van der Waals surface area contributed by atoms with E-state index in [1.807, 2.05) is 6.92 Å². The van der Waals surface area contributed by atoms with Crippen LogP contribution in [-0.2, 0) is 19.0 Å². The van der Waals surface area contributed by atoms with Gasteiger partial charge in [0.05, 0.1) is 12.7 Å². The SMILES string of the molecule is CC(OS(=O)(=O)C(F)(F)F)=C1CC[C@@H](C)OC1. The molecule has 0 aromatic rings. The molecule has 0 amide bonds. The fourth-order valence-corrected chi connectivity index (χ4v) is 1.87. The number of alkyl halides is 3. The molecule has 0 bridgehead atoms. The molecule has 100 valence electrons. The highest BCUT2D eigenvalue weighted by atomic mass is 32.2. The summed E-state index contributed by atoms with van der Waals surface area (Å²) in [4.78, 5) is 0. The maximum absolute atomic E-state index is 12.1. The van der Waals surface area contributed by atoms with Crippen LogP contribution in [0.1, 0.15) is 26.7 Å². The second-order valence-electron chi connectivity index (χ2n) is 3.80. The van der Waals surface area contributed by atoms with E-state index in [4.69, 9.17) is 4.74 Å². The maximum atomic E-state index is 12.1. The Morgan fingerprint density at radius 1 is 1.47 bits per heavy atom. The fraction of sp³-hybridized carbons (Fsp3) is 0.778. The molecule has 1 aliphatic heterocycles. The largest absolute Gasteiger partial charge is 0.534 e. The second kappa shape index (κ2) is 4.85. The van der Waals surface area contributed by atoms with Crippen molar-refractivity contribution >= 4 is 10.1 Å². The molecule has 0 aromatic carbocycles. The summed E-state index contributed by atoms with van der Waals surface area (Å²) >= 11 is 0. The lowest BCUT2D eigenvalue weighted by molar-refractivity contribution is -0.0524. The van der Waals surface area contributed by atoms with Gasteiger partial charge in [-0.25, -0.2) is 0 Å². The molecule has 0 spiro atoms. The smallest absolute Gasteiger partial charge is 0.381 e. The van der Waals surface area contributed by atoms with Crippen molar-refractivity contribution in [1.29, 1.82) is 0 Å². The predicted octanol–water partition coefficient (Wildman–Crippen LogP) is 2.33. The van der Waals surface area contributed by atoms with E-state index in [-0.39, 0.29) is 18.5 Å². The minimum atomic E-state index is -5.57. The van der Waals surface area contributed by atoms with Crippen LogP contribution in [0.4, 0.5) is 13.2 Å². The molecule has 1 atom stereocenters. The number of ether oxygens (including phenoxy) is 1. The monoisotopic (exact) mass is 274 g/mol. The second-order valence-corrected chi connectivity index (χ2v) is 5.34. The van der Waals surface area contributed by atoms with E-state index in [1.165, 1.54) is 6.92 Å². The first-order valence-corrected chi connectivity index (χ1v) is 6.35. The van der Waals surface area contributed by atoms with Crippen LogP contribution in [0.3, 0.4) is 0 Å². The Bertz CT molecular complexity index is 400. The lowest BCUT2D eigenvalue weighted by atomic mass is 10.0. The molecule has 0 N–H and O–H groups in total. The summed E-state index contributed by atoms with van der Waals surface area (Å²) in [5.74, 6) is -0.255. The first-order chi connectivity index (χ1) is 7.63.